The van der Waals surface area contributed by atoms with Crippen molar-refractivity contribution in [1.82, 2.24) is 5.43 Å². The molecular weight excluding hydrogens is 354 g/mol. The van der Waals surface area contributed by atoms with Gasteiger partial charge in [0.25, 0.3) is 0 Å². The van der Waals surface area contributed by atoms with Gasteiger partial charge in [0.2, 0.25) is 0 Å². The lowest BCUT2D eigenvalue weighted by Crippen LogP contribution is -2.23. The van der Waals surface area contributed by atoms with Crippen LogP contribution in [0, 0.1) is 0 Å². The van der Waals surface area contributed by atoms with Gasteiger partial charge in [-0.3, -0.25) is 10.2 Å². The van der Waals surface area contributed by atoms with Crippen LogP contribution < -0.4 is 25.4 Å². The van der Waals surface area contributed by atoms with E-state index in [1.165, 1.54) is 0 Å². The predicted octanol–water partition coefficient (Wildman–Crippen LogP) is 2.26. The Hall–Kier alpha value is -3.13. The highest BCUT2D eigenvalue weighted by molar-refractivity contribution is 7.80. The quantitative estimate of drug-likeness (QED) is 0.317. The summed E-state index contributed by atoms with van der Waals surface area (Å²) in [5.74, 6) is 1.72. The fraction of sp³-hybridized carbons (Fsp3) is 0.167. The van der Waals surface area contributed by atoms with Gasteiger partial charge in [0.1, 0.15) is 18.6 Å². The number of methoxy groups -OCH3 is 2. The minimum atomic E-state index is 0.0830. The van der Waals surface area contributed by atoms with Crippen molar-refractivity contribution in [3.63, 3.8) is 0 Å². The Bertz CT molecular complexity index is 824. The van der Waals surface area contributed by atoms with E-state index in [0.29, 0.717) is 22.8 Å². The average molecular weight is 373 g/mol. The molecule has 7 nitrogen and oxygen atoms in total. The summed E-state index contributed by atoms with van der Waals surface area (Å²) in [6.07, 6.45) is 2.33. The second kappa shape index (κ2) is 9.38. The summed E-state index contributed by atoms with van der Waals surface area (Å²) in [5.41, 5.74) is 9.87. The van der Waals surface area contributed by atoms with Gasteiger partial charge in [-0.1, -0.05) is 0 Å². The Balaban J connectivity index is 2.15. The molecule has 26 heavy (non-hydrogen) atoms. The highest BCUT2D eigenvalue weighted by Crippen LogP contribution is 2.29. The number of carbonyl (C=O) groups excluding carboxylic acids is 1. The molecule has 8 heteroatoms. The molecule has 0 aliphatic rings. The number of aldehydes is 1. The van der Waals surface area contributed by atoms with Crippen molar-refractivity contribution in [1.29, 1.82) is 0 Å². The zero-order valence-electron chi connectivity index (χ0n) is 14.4. The summed E-state index contributed by atoms with van der Waals surface area (Å²) < 4.78 is 16.5. The summed E-state index contributed by atoms with van der Waals surface area (Å²) in [6.45, 7) is 0.220. The number of carbonyl (C=O) groups is 1. The Morgan fingerprint density at radius 2 is 1.81 bits per heavy atom. The largest absolute Gasteiger partial charge is 0.496 e. The van der Waals surface area contributed by atoms with Crippen molar-refractivity contribution < 1.29 is 19.0 Å². The SMILES string of the molecule is COc1ccc(C=O)cc1COc1ccc(C=NNC(N)=S)cc1OC. The number of ether oxygens (including phenoxy) is 3. The molecular formula is C18H19N3O4S. The van der Waals surface area contributed by atoms with Crippen LogP contribution in [-0.2, 0) is 6.61 Å². The van der Waals surface area contributed by atoms with Crippen LogP contribution in [0.4, 0.5) is 0 Å². The van der Waals surface area contributed by atoms with Gasteiger partial charge in [-0.15, -0.1) is 0 Å². The van der Waals surface area contributed by atoms with E-state index in [1.807, 2.05) is 6.07 Å². The zero-order valence-corrected chi connectivity index (χ0v) is 15.2. The standard InChI is InChI=1S/C18H19N3O4S/c1-23-15-5-4-13(10-22)7-14(15)11-25-16-6-3-12(8-17(16)24-2)9-20-21-18(19)26/h3-10H,11H2,1-2H3,(H3,19,21,26). The van der Waals surface area contributed by atoms with E-state index in [-0.39, 0.29) is 11.7 Å². The maximum atomic E-state index is 11.0. The number of hydrogen-bond acceptors (Lipinski definition) is 6. The first-order valence-electron chi connectivity index (χ1n) is 7.58. The lowest BCUT2D eigenvalue weighted by molar-refractivity contribution is 0.112. The molecule has 0 fully saturated rings. The third-order valence-electron chi connectivity index (χ3n) is 3.40. The maximum Gasteiger partial charge on any atom is 0.184 e. The zero-order chi connectivity index (χ0) is 18.9. The van der Waals surface area contributed by atoms with Gasteiger partial charge in [0.05, 0.1) is 20.4 Å². The Morgan fingerprint density at radius 3 is 2.46 bits per heavy atom. The molecule has 3 N–H and O–H groups in total. The lowest BCUT2D eigenvalue weighted by Gasteiger charge is -2.13. The number of hydrazone groups is 1. The van der Waals surface area contributed by atoms with E-state index in [4.69, 9.17) is 19.9 Å². The molecule has 0 unspecified atom stereocenters. The number of rotatable bonds is 8. The van der Waals surface area contributed by atoms with Crippen LogP contribution in [0.5, 0.6) is 17.2 Å². The van der Waals surface area contributed by atoms with Crippen molar-refractivity contribution >= 4 is 29.8 Å². The molecule has 0 aromatic heterocycles. The second-order valence-corrected chi connectivity index (χ2v) is 5.56. The number of thiocarbonyl (C=S) groups is 1. The van der Waals surface area contributed by atoms with Gasteiger partial charge in [0, 0.05) is 11.1 Å². The molecule has 0 aliphatic heterocycles. The van der Waals surface area contributed by atoms with Gasteiger partial charge >= 0.3 is 0 Å². The van der Waals surface area contributed by atoms with Crippen molar-refractivity contribution in [2.45, 2.75) is 6.61 Å². The normalized spacial score (nSPS) is 10.4. The highest BCUT2D eigenvalue weighted by atomic mass is 32.1. The summed E-state index contributed by atoms with van der Waals surface area (Å²) in [5, 5.41) is 3.98. The molecule has 0 saturated heterocycles. The average Bonchev–Trinajstić information content (AvgIpc) is 2.66. The Kier molecular flexibility index (Phi) is 6.92. The molecule has 2 aromatic rings. The van der Waals surface area contributed by atoms with Gasteiger partial charge < -0.3 is 19.9 Å². The van der Waals surface area contributed by atoms with Crippen molar-refractivity contribution in [2.24, 2.45) is 10.8 Å². The van der Waals surface area contributed by atoms with Gasteiger partial charge in [-0.25, -0.2) is 0 Å². The van der Waals surface area contributed by atoms with Crippen LogP contribution in [0.3, 0.4) is 0 Å². The Labute approximate surface area is 156 Å². The molecule has 0 spiro atoms. The van der Waals surface area contributed by atoms with Crippen molar-refractivity contribution in [2.75, 3.05) is 14.2 Å². The van der Waals surface area contributed by atoms with Crippen LogP contribution in [-0.4, -0.2) is 31.8 Å². The van der Waals surface area contributed by atoms with Crippen LogP contribution in [0.2, 0.25) is 0 Å². The molecule has 0 heterocycles. The third-order valence-corrected chi connectivity index (χ3v) is 3.49. The van der Waals surface area contributed by atoms with Crippen molar-refractivity contribution in [3.05, 3.63) is 53.1 Å². The number of nitrogens with two attached hydrogens (primary N) is 1. The molecule has 0 bridgehead atoms. The number of benzene rings is 2. The summed E-state index contributed by atoms with van der Waals surface area (Å²) in [6, 6.07) is 10.5. The first-order chi connectivity index (χ1) is 12.6. The monoisotopic (exact) mass is 373 g/mol. The molecule has 0 amide bonds. The third kappa shape index (κ3) is 5.18. The van der Waals surface area contributed by atoms with Crippen LogP contribution >= 0.6 is 12.2 Å². The van der Waals surface area contributed by atoms with E-state index >= 15 is 0 Å². The molecule has 0 aliphatic carbocycles. The minimum Gasteiger partial charge on any atom is -0.496 e. The first kappa shape index (κ1) is 19.2. The topological polar surface area (TPSA) is 95.2 Å². The molecule has 0 saturated carbocycles. The summed E-state index contributed by atoms with van der Waals surface area (Å²) >= 11 is 4.68. The first-order valence-corrected chi connectivity index (χ1v) is 7.99. The predicted molar refractivity (Wildman–Crippen MR) is 103 cm³/mol. The van der Waals surface area contributed by atoms with E-state index in [2.05, 4.69) is 22.7 Å². The van der Waals surface area contributed by atoms with E-state index in [0.717, 1.165) is 17.4 Å². The summed E-state index contributed by atoms with van der Waals surface area (Å²) in [7, 11) is 3.11. The lowest BCUT2D eigenvalue weighted by atomic mass is 10.1. The van der Waals surface area contributed by atoms with Crippen LogP contribution in [0.15, 0.2) is 41.5 Å². The maximum absolute atomic E-state index is 11.0. The number of hydrogen-bond donors (Lipinski definition) is 2. The summed E-state index contributed by atoms with van der Waals surface area (Å²) in [4.78, 5) is 11.0. The minimum absolute atomic E-state index is 0.0830. The van der Waals surface area contributed by atoms with Gasteiger partial charge in [0.15, 0.2) is 16.6 Å². The van der Waals surface area contributed by atoms with Crippen molar-refractivity contribution in [3.8, 4) is 17.2 Å². The van der Waals surface area contributed by atoms with Gasteiger partial charge in [-0.2, -0.15) is 5.10 Å². The Morgan fingerprint density at radius 1 is 1.12 bits per heavy atom. The van der Waals surface area contributed by atoms with Crippen LogP contribution in [0.25, 0.3) is 0 Å². The van der Waals surface area contributed by atoms with Gasteiger partial charge in [-0.05, 0) is 54.2 Å². The van der Waals surface area contributed by atoms with E-state index in [9.17, 15) is 4.79 Å². The molecule has 2 aromatic carbocycles. The molecule has 136 valence electrons. The molecule has 0 atom stereocenters. The molecule has 2 rings (SSSR count). The second-order valence-electron chi connectivity index (χ2n) is 5.12. The van der Waals surface area contributed by atoms with Crippen LogP contribution in [0.1, 0.15) is 21.5 Å². The number of nitrogens with one attached hydrogen (secondary N) is 1. The smallest absolute Gasteiger partial charge is 0.184 e. The fourth-order valence-corrected chi connectivity index (χ4v) is 2.25. The number of nitrogens with zero attached hydrogens (tertiary/aromatic N) is 1. The fourth-order valence-electron chi connectivity index (χ4n) is 2.19. The highest BCUT2D eigenvalue weighted by Gasteiger charge is 2.09. The van der Waals surface area contributed by atoms with E-state index < -0.39 is 0 Å². The molecule has 0 radical (unpaired) electrons. The van der Waals surface area contributed by atoms with E-state index in [1.54, 1.807) is 50.8 Å².